The van der Waals surface area contributed by atoms with E-state index in [1.54, 1.807) is 31.4 Å². The molecule has 124 valence electrons. The van der Waals surface area contributed by atoms with Gasteiger partial charge in [0.15, 0.2) is 5.78 Å². The van der Waals surface area contributed by atoms with Crippen LogP contribution in [0.4, 0.5) is 0 Å². The molecule has 5 nitrogen and oxygen atoms in total. The van der Waals surface area contributed by atoms with Crippen molar-refractivity contribution in [2.24, 2.45) is 5.73 Å². The first-order chi connectivity index (χ1) is 10.0. The SMILES string of the molecule is COc1ccc(C(=O)CCCC(=O)NCCC(C)N)cc1.Cl. The lowest BCUT2D eigenvalue weighted by atomic mass is 10.1. The van der Waals surface area contributed by atoms with Gasteiger partial charge in [0.05, 0.1) is 7.11 Å². The molecule has 1 rings (SSSR count). The van der Waals surface area contributed by atoms with Gasteiger partial charge in [0.25, 0.3) is 0 Å². The fourth-order valence-electron chi connectivity index (χ4n) is 1.86. The van der Waals surface area contributed by atoms with Crippen LogP contribution >= 0.6 is 12.4 Å². The summed E-state index contributed by atoms with van der Waals surface area (Å²) in [6, 6.07) is 7.08. The summed E-state index contributed by atoms with van der Waals surface area (Å²) in [5.41, 5.74) is 6.25. The molecule has 0 aliphatic carbocycles. The van der Waals surface area contributed by atoms with Crippen molar-refractivity contribution >= 4 is 24.1 Å². The Morgan fingerprint density at radius 1 is 1.23 bits per heavy atom. The quantitative estimate of drug-likeness (QED) is 0.682. The number of benzene rings is 1. The van der Waals surface area contributed by atoms with Gasteiger partial charge in [-0.3, -0.25) is 9.59 Å². The van der Waals surface area contributed by atoms with Crippen LogP contribution in [0, 0.1) is 0 Å². The zero-order valence-corrected chi connectivity index (χ0v) is 13.9. The minimum absolute atomic E-state index is 0. The summed E-state index contributed by atoms with van der Waals surface area (Å²) in [7, 11) is 1.58. The molecule has 22 heavy (non-hydrogen) atoms. The third-order valence-corrected chi connectivity index (χ3v) is 3.14. The second kappa shape index (κ2) is 11.0. The summed E-state index contributed by atoms with van der Waals surface area (Å²) < 4.78 is 5.04. The number of Topliss-reactive ketones (excluding diaryl/α,β-unsaturated/α-hetero) is 1. The molecule has 3 N–H and O–H groups in total. The maximum Gasteiger partial charge on any atom is 0.220 e. The normalized spacial score (nSPS) is 11.2. The number of ketones is 1. The highest BCUT2D eigenvalue weighted by Crippen LogP contribution is 2.13. The molecule has 0 bridgehead atoms. The van der Waals surface area contributed by atoms with E-state index in [-0.39, 0.29) is 30.1 Å². The minimum atomic E-state index is -0.0295. The van der Waals surface area contributed by atoms with Gasteiger partial charge >= 0.3 is 0 Å². The number of halogens is 1. The molecule has 1 unspecified atom stereocenters. The Hall–Kier alpha value is -1.59. The van der Waals surface area contributed by atoms with Crippen molar-refractivity contribution in [2.75, 3.05) is 13.7 Å². The van der Waals surface area contributed by atoms with Crippen molar-refractivity contribution in [3.63, 3.8) is 0 Å². The summed E-state index contributed by atoms with van der Waals surface area (Å²) in [6.45, 7) is 2.49. The van der Waals surface area contributed by atoms with E-state index in [9.17, 15) is 9.59 Å². The molecule has 0 heterocycles. The van der Waals surface area contributed by atoms with Gasteiger partial charge in [0.1, 0.15) is 5.75 Å². The highest BCUT2D eigenvalue weighted by molar-refractivity contribution is 5.96. The van der Waals surface area contributed by atoms with Crippen molar-refractivity contribution in [1.82, 2.24) is 5.32 Å². The molecule has 0 aliphatic heterocycles. The predicted octanol–water partition coefficient (Wildman–Crippen LogP) is 2.32. The maximum atomic E-state index is 11.9. The van der Waals surface area contributed by atoms with E-state index in [1.165, 1.54) is 0 Å². The molecule has 0 fully saturated rings. The number of rotatable bonds is 9. The molecule has 6 heteroatoms. The van der Waals surface area contributed by atoms with Crippen molar-refractivity contribution < 1.29 is 14.3 Å². The number of methoxy groups -OCH3 is 1. The van der Waals surface area contributed by atoms with Crippen molar-refractivity contribution in [3.8, 4) is 5.75 Å². The van der Waals surface area contributed by atoms with Gasteiger partial charge in [-0.15, -0.1) is 12.4 Å². The zero-order valence-electron chi connectivity index (χ0n) is 13.1. The van der Waals surface area contributed by atoms with Crippen LogP contribution in [-0.4, -0.2) is 31.4 Å². The Kier molecular flexibility index (Phi) is 10.2. The number of carbonyl (C=O) groups is 2. The summed E-state index contributed by atoms with van der Waals surface area (Å²) in [4.78, 5) is 23.5. The first-order valence-corrected chi connectivity index (χ1v) is 7.22. The minimum Gasteiger partial charge on any atom is -0.497 e. The highest BCUT2D eigenvalue weighted by Gasteiger charge is 2.08. The largest absolute Gasteiger partial charge is 0.497 e. The molecular weight excluding hydrogens is 304 g/mol. The van der Waals surface area contributed by atoms with Crippen LogP contribution in [0.1, 0.15) is 43.0 Å². The van der Waals surface area contributed by atoms with E-state index in [1.807, 2.05) is 6.92 Å². The van der Waals surface area contributed by atoms with E-state index in [0.717, 1.165) is 12.2 Å². The summed E-state index contributed by atoms with van der Waals surface area (Å²) in [5.74, 6) is 0.735. The fourth-order valence-corrected chi connectivity index (χ4v) is 1.86. The van der Waals surface area contributed by atoms with Crippen LogP contribution in [0.3, 0.4) is 0 Å². The van der Waals surface area contributed by atoms with E-state index in [2.05, 4.69) is 5.32 Å². The van der Waals surface area contributed by atoms with E-state index >= 15 is 0 Å². The number of ether oxygens (including phenoxy) is 1. The van der Waals surface area contributed by atoms with Crippen LogP contribution in [0.2, 0.25) is 0 Å². The molecule has 0 saturated carbocycles. The van der Waals surface area contributed by atoms with Gasteiger partial charge in [-0.25, -0.2) is 0 Å². The molecule has 0 saturated heterocycles. The molecule has 1 aromatic carbocycles. The van der Waals surface area contributed by atoms with Gasteiger partial charge in [-0.2, -0.15) is 0 Å². The Balaban J connectivity index is 0.00000441. The molecular formula is C16H25ClN2O3. The average molecular weight is 329 g/mol. The Morgan fingerprint density at radius 3 is 2.41 bits per heavy atom. The standard InChI is InChI=1S/C16H24N2O3.ClH/c1-12(17)10-11-18-16(20)5-3-4-15(19)13-6-8-14(21-2)9-7-13;/h6-9,12H,3-5,10-11,17H2,1-2H3,(H,18,20);1H. The van der Waals surface area contributed by atoms with Crippen LogP contribution in [0.5, 0.6) is 5.75 Å². The molecule has 1 amide bonds. The lowest BCUT2D eigenvalue weighted by Gasteiger charge is -2.07. The monoisotopic (exact) mass is 328 g/mol. The number of amides is 1. The van der Waals surface area contributed by atoms with E-state index in [4.69, 9.17) is 10.5 Å². The zero-order chi connectivity index (χ0) is 15.7. The Bertz CT molecular complexity index is 461. The molecule has 1 aromatic rings. The van der Waals surface area contributed by atoms with Crippen molar-refractivity contribution in [1.29, 1.82) is 0 Å². The first kappa shape index (κ1) is 20.4. The molecule has 0 radical (unpaired) electrons. The van der Waals surface area contributed by atoms with Gasteiger partial charge < -0.3 is 15.8 Å². The predicted molar refractivity (Wildman–Crippen MR) is 89.7 cm³/mol. The maximum absolute atomic E-state index is 11.9. The van der Waals surface area contributed by atoms with Crippen LogP contribution in [0.15, 0.2) is 24.3 Å². The third-order valence-electron chi connectivity index (χ3n) is 3.14. The lowest BCUT2D eigenvalue weighted by Crippen LogP contribution is -2.28. The van der Waals surface area contributed by atoms with E-state index in [0.29, 0.717) is 31.4 Å². The average Bonchev–Trinajstić information content (AvgIpc) is 2.46. The van der Waals surface area contributed by atoms with Gasteiger partial charge in [0, 0.05) is 31.0 Å². The fraction of sp³-hybridized carbons (Fsp3) is 0.500. The second-order valence-electron chi connectivity index (χ2n) is 5.12. The highest BCUT2D eigenvalue weighted by atomic mass is 35.5. The molecule has 0 aromatic heterocycles. The number of hydrogen-bond acceptors (Lipinski definition) is 4. The van der Waals surface area contributed by atoms with Crippen LogP contribution in [-0.2, 0) is 4.79 Å². The molecule has 0 aliphatic rings. The number of nitrogens with two attached hydrogens (primary N) is 1. The van der Waals surface area contributed by atoms with Gasteiger partial charge in [-0.05, 0) is 44.0 Å². The lowest BCUT2D eigenvalue weighted by molar-refractivity contribution is -0.121. The molecule has 1 atom stereocenters. The second-order valence-corrected chi connectivity index (χ2v) is 5.12. The summed E-state index contributed by atoms with van der Waals surface area (Å²) in [6.07, 6.45) is 2.04. The smallest absolute Gasteiger partial charge is 0.220 e. The van der Waals surface area contributed by atoms with Gasteiger partial charge in [-0.1, -0.05) is 0 Å². The van der Waals surface area contributed by atoms with Crippen molar-refractivity contribution in [3.05, 3.63) is 29.8 Å². The Morgan fingerprint density at radius 2 is 1.86 bits per heavy atom. The number of hydrogen-bond donors (Lipinski definition) is 2. The number of carbonyl (C=O) groups excluding carboxylic acids is 2. The molecule has 0 spiro atoms. The van der Waals surface area contributed by atoms with E-state index < -0.39 is 0 Å². The van der Waals surface area contributed by atoms with Crippen LogP contribution < -0.4 is 15.8 Å². The van der Waals surface area contributed by atoms with Crippen LogP contribution in [0.25, 0.3) is 0 Å². The summed E-state index contributed by atoms with van der Waals surface area (Å²) >= 11 is 0. The number of nitrogens with one attached hydrogen (secondary N) is 1. The third kappa shape index (κ3) is 8.00. The Labute approximate surface area is 138 Å². The topological polar surface area (TPSA) is 81.4 Å². The first-order valence-electron chi connectivity index (χ1n) is 7.22. The van der Waals surface area contributed by atoms with Gasteiger partial charge in [0.2, 0.25) is 5.91 Å². The van der Waals surface area contributed by atoms with Crippen molar-refractivity contribution in [2.45, 2.75) is 38.6 Å². The summed E-state index contributed by atoms with van der Waals surface area (Å²) in [5, 5.41) is 2.80.